The first-order valence-electron chi connectivity index (χ1n) is 9.80. The molecule has 3 heterocycles. The summed E-state index contributed by atoms with van der Waals surface area (Å²) >= 11 is 0. The largest absolute Gasteiger partial charge is 0.444 e. The number of amides is 2. The number of nitrogens with zero attached hydrogens (tertiary/aromatic N) is 2. The van der Waals surface area contributed by atoms with Gasteiger partial charge in [0.1, 0.15) is 11.3 Å². The second kappa shape index (κ2) is 6.66. The molecule has 0 radical (unpaired) electrons. The summed E-state index contributed by atoms with van der Waals surface area (Å²) in [4.78, 5) is 31.3. The number of aromatic nitrogens is 1. The maximum atomic E-state index is 12.6. The summed E-state index contributed by atoms with van der Waals surface area (Å²) in [7, 11) is 0. The van der Waals surface area contributed by atoms with Gasteiger partial charge in [0.15, 0.2) is 0 Å². The van der Waals surface area contributed by atoms with Gasteiger partial charge in [-0.3, -0.25) is 9.69 Å². The van der Waals surface area contributed by atoms with Crippen molar-refractivity contribution in [1.82, 2.24) is 15.2 Å². The third kappa shape index (κ3) is 3.99. The Balaban J connectivity index is 1.52. The van der Waals surface area contributed by atoms with Gasteiger partial charge >= 0.3 is 6.09 Å². The van der Waals surface area contributed by atoms with Crippen LogP contribution in [0.25, 0.3) is 5.57 Å². The highest BCUT2D eigenvalue weighted by atomic mass is 16.6. The standard InChI is InChI=1S/C21H27N3O3/c1-21(2,3)27-20(26)24-15-9-10-16(24)12-13(11-15)17-5-4-6-18(23-17)19(25)22-14-7-8-14/h4-6,11,14-16H,7-10,12H2,1-3H3,(H,22,25). The predicted molar refractivity (Wildman–Crippen MR) is 102 cm³/mol. The molecule has 1 saturated heterocycles. The highest BCUT2D eigenvalue weighted by Gasteiger charge is 2.41. The van der Waals surface area contributed by atoms with Crippen LogP contribution in [-0.2, 0) is 4.74 Å². The summed E-state index contributed by atoms with van der Waals surface area (Å²) in [5.41, 5.74) is 1.91. The van der Waals surface area contributed by atoms with Crippen LogP contribution >= 0.6 is 0 Å². The molecule has 144 valence electrons. The van der Waals surface area contributed by atoms with E-state index < -0.39 is 5.60 Å². The maximum absolute atomic E-state index is 12.6. The second-order valence-corrected chi connectivity index (χ2v) is 8.74. The molecule has 0 aromatic carbocycles. The molecule has 6 heteroatoms. The molecule has 1 aromatic heterocycles. The molecule has 2 atom stereocenters. The number of carbonyl (C=O) groups excluding carboxylic acids is 2. The van der Waals surface area contributed by atoms with Crippen LogP contribution in [0.1, 0.15) is 69.1 Å². The molecule has 1 saturated carbocycles. The number of carbonyl (C=O) groups is 2. The van der Waals surface area contributed by atoms with Crippen LogP contribution in [0.3, 0.4) is 0 Å². The van der Waals surface area contributed by atoms with Crippen molar-refractivity contribution < 1.29 is 14.3 Å². The zero-order valence-electron chi connectivity index (χ0n) is 16.2. The smallest absolute Gasteiger partial charge is 0.411 e. The van der Waals surface area contributed by atoms with E-state index >= 15 is 0 Å². The zero-order chi connectivity index (χ0) is 19.2. The molecule has 1 N–H and O–H groups in total. The van der Waals surface area contributed by atoms with Crippen molar-refractivity contribution in [1.29, 1.82) is 0 Å². The molecular weight excluding hydrogens is 342 g/mol. The van der Waals surface area contributed by atoms with Gasteiger partial charge in [0, 0.05) is 12.1 Å². The molecule has 1 aromatic rings. The van der Waals surface area contributed by atoms with Crippen LogP contribution in [-0.4, -0.2) is 45.6 Å². The fourth-order valence-electron chi connectivity index (χ4n) is 3.85. The number of pyridine rings is 1. The summed E-state index contributed by atoms with van der Waals surface area (Å²) in [5.74, 6) is -0.103. The van der Waals surface area contributed by atoms with Gasteiger partial charge in [-0.1, -0.05) is 12.1 Å². The fourth-order valence-corrected chi connectivity index (χ4v) is 3.85. The monoisotopic (exact) mass is 369 g/mol. The molecule has 3 aliphatic rings. The Morgan fingerprint density at radius 3 is 2.63 bits per heavy atom. The van der Waals surface area contributed by atoms with Crippen LogP contribution in [0.2, 0.25) is 0 Å². The van der Waals surface area contributed by atoms with Crippen molar-refractivity contribution in [2.75, 3.05) is 0 Å². The second-order valence-electron chi connectivity index (χ2n) is 8.74. The Morgan fingerprint density at radius 2 is 1.96 bits per heavy atom. The molecule has 1 aliphatic carbocycles. The van der Waals surface area contributed by atoms with Gasteiger partial charge in [0.2, 0.25) is 0 Å². The Hall–Kier alpha value is -2.37. The van der Waals surface area contributed by atoms with Crippen molar-refractivity contribution >= 4 is 17.6 Å². The molecule has 2 unspecified atom stereocenters. The number of nitrogens with one attached hydrogen (secondary N) is 1. The minimum absolute atomic E-state index is 0.0411. The van der Waals surface area contributed by atoms with Gasteiger partial charge < -0.3 is 10.1 Å². The lowest BCUT2D eigenvalue weighted by atomic mass is 9.98. The predicted octanol–water partition coefficient (Wildman–Crippen LogP) is 3.53. The summed E-state index contributed by atoms with van der Waals surface area (Å²) in [6.45, 7) is 5.67. The molecule has 2 fully saturated rings. The van der Waals surface area contributed by atoms with Crippen molar-refractivity contribution in [3.05, 3.63) is 35.7 Å². The average Bonchev–Trinajstić information content (AvgIpc) is 3.37. The molecule has 27 heavy (non-hydrogen) atoms. The molecule has 0 spiro atoms. The van der Waals surface area contributed by atoms with Crippen molar-refractivity contribution in [3.63, 3.8) is 0 Å². The zero-order valence-corrected chi connectivity index (χ0v) is 16.2. The Bertz CT molecular complexity index is 792. The van der Waals surface area contributed by atoms with Crippen LogP contribution in [0.5, 0.6) is 0 Å². The average molecular weight is 369 g/mol. The SMILES string of the molecule is CC(C)(C)OC(=O)N1C2C=C(c3cccc(C(=O)NC4CC4)n3)CC1CC2. The van der Waals surface area contributed by atoms with Crippen LogP contribution in [0.15, 0.2) is 24.3 Å². The Kier molecular flexibility index (Phi) is 4.44. The lowest BCUT2D eigenvalue weighted by Crippen LogP contribution is -2.45. The van der Waals surface area contributed by atoms with Crippen LogP contribution in [0.4, 0.5) is 4.79 Å². The number of hydrogen-bond donors (Lipinski definition) is 1. The topological polar surface area (TPSA) is 71.5 Å². The normalized spacial score (nSPS) is 24.4. The maximum Gasteiger partial charge on any atom is 0.411 e. The van der Waals surface area contributed by atoms with Crippen molar-refractivity contribution in [3.8, 4) is 0 Å². The van der Waals surface area contributed by atoms with E-state index in [1.54, 1.807) is 6.07 Å². The molecule has 6 nitrogen and oxygen atoms in total. The lowest BCUT2D eigenvalue weighted by Gasteiger charge is -2.35. The van der Waals surface area contributed by atoms with Crippen LogP contribution < -0.4 is 5.32 Å². The Labute approximate surface area is 160 Å². The van der Waals surface area contributed by atoms with E-state index in [0.717, 1.165) is 43.4 Å². The first kappa shape index (κ1) is 18.0. The lowest BCUT2D eigenvalue weighted by molar-refractivity contribution is 0.0175. The van der Waals surface area contributed by atoms with E-state index in [1.165, 1.54) is 0 Å². The summed E-state index contributed by atoms with van der Waals surface area (Å²) in [6, 6.07) is 6.08. The number of hydrogen-bond acceptors (Lipinski definition) is 4. The number of ether oxygens (including phenoxy) is 1. The van der Waals surface area contributed by atoms with Gasteiger partial charge in [-0.2, -0.15) is 0 Å². The summed E-state index contributed by atoms with van der Waals surface area (Å²) in [5, 5.41) is 2.98. The van der Waals surface area contributed by atoms with Gasteiger partial charge in [0.25, 0.3) is 5.91 Å². The van der Waals surface area contributed by atoms with E-state index in [9.17, 15) is 9.59 Å². The summed E-state index contributed by atoms with van der Waals surface area (Å²) < 4.78 is 5.58. The van der Waals surface area contributed by atoms with Gasteiger partial charge in [-0.05, 0) is 70.6 Å². The molecule has 2 aliphatic heterocycles. The molecular formula is C21H27N3O3. The third-order valence-electron chi connectivity index (χ3n) is 5.22. The first-order valence-corrected chi connectivity index (χ1v) is 9.80. The first-order chi connectivity index (χ1) is 12.8. The fraction of sp³-hybridized carbons (Fsp3) is 0.571. The van der Waals surface area contributed by atoms with Gasteiger partial charge in [-0.15, -0.1) is 0 Å². The third-order valence-corrected chi connectivity index (χ3v) is 5.22. The van der Waals surface area contributed by atoms with E-state index in [0.29, 0.717) is 11.7 Å². The molecule has 4 rings (SSSR count). The van der Waals surface area contributed by atoms with Crippen LogP contribution in [0, 0.1) is 0 Å². The summed E-state index contributed by atoms with van der Waals surface area (Å²) in [6.07, 6.45) is 6.65. The number of fused-ring (bicyclic) bond motifs is 2. The van der Waals surface area contributed by atoms with Crippen molar-refractivity contribution in [2.45, 2.75) is 76.6 Å². The number of rotatable bonds is 3. The van der Waals surface area contributed by atoms with E-state index in [4.69, 9.17) is 4.74 Å². The minimum Gasteiger partial charge on any atom is -0.444 e. The van der Waals surface area contributed by atoms with E-state index in [1.807, 2.05) is 37.8 Å². The molecule has 2 bridgehead atoms. The Morgan fingerprint density at radius 1 is 1.19 bits per heavy atom. The van der Waals surface area contributed by atoms with E-state index in [-0.39, 0.29) is 24.1 Å². The highest BCUT2D eigenvalue weighted by Crippen LogP contribution is 2.39. The molecule has 2 amide bonds. The van der Waals surface area contributed by atoms with Crippen molar-refractivity contribution in [2.24, 2.45) is 0 Å². The highest BCUT2D eigenvalue weighted by molar-refractivity contribution is 5.93. The van der Waals surface area contributed by atoms with E-state index in [2.05, 4.69) is 16.4 Å². The minimum atomic E-state index is -0.495. The quantitative estimate of drug-likeness (QED) is 0.885. The van der Waals surface area contributed by atoms with Gasteiger partial charge in [0.05, 0.1) is 11.7 Å². The van der Waals surface area contributed by atoms with Gasteiger partial charge in [-0.25, -0.2) is 9.78 Å².